The van der Waals surface area contributed by atoms with Gasteiger partial charge in [-0.3, -0.25) is 9.58 Å². The number of benzene rings is 2. The van der Waals surface area contributed by atoms with Crippen LogP contribution in [0.4, 0.5) is 4.39 Å². The molecule has 1 aliphatic heterocycles. The Morgan fingerprint density at radius 1 is 1.07 bits per heavy atom. The first-order valence-electron chi connectivity index (χ1n) is 9.16. The van der Waals surface area contributed by atoms with Crippen LogP contribution in [0.1, 0.15) is 28.4 Å². The Morgan fingerprint density at radius 2 is 1.85 bits per heavy atom. The Balaban J connectivity index is 1.44. The van der Waals surface area contributed by atoms with Crippen LogP contribution in [0.5, 0.6) is 0 Å². The van der Waals surface area contributed by atoms with Crippen LogP contribution >= 0.6 is 0 Å². The number of halogens is 1. The first-order valence-corrected chi connectivity index (χ1v) is 9.16. The Hall–Kier alpha value is -2.57. The van der Waals surface area contributed by atoms with Gasteiger partial charge in [0.2, 0.25) is 0 Å². The Morgan fingerprint density at radius 3 is 2.63 bits per heavy atom. The summed E-state index contributed by atoms with van der Waals surface area (Å²) in [5.41, 5.74) is 4.41. The van der Waals surface area contributed by atoms with Crippen molar-refractivity contribution in [2.75, 3.05) is 13.2 Å². The minimum atomic E-state index is -0.208. The van der Waals surface area contributed by atoms with E-state index in [4.69, 9.17) is 4.74 Å². The standard InChI is InChI=1S/C21H23FN4O/c1-25-21-18(15-27-14-17-5-3-2-4-6-17)12-26(13-20(21)23-24-25)11-16-7-9-19(22)10-8-16/h2-10,18H,11-15H2,1H3/t18-/m0/s1. The number of hydrogen-bond acceptors (Lipinski definition) is 4. The van der Waals surface area contributed by atoms with E-state index < -0.39 is 0 Å². The van der Waals surface area contributed by atoms with Gasteiger partial charge in [0, 0.05) is 32.6 Å². The number of rotatable bonds is 6. The molecule has 3 aromatic rings. The van der Waals surface area contributed by atoms with Gasteiger partial charge >= 0.3 is 0 Å². The summed E-state index contributed by atoms with van der Waals surface area (Å²) >= 11 is 0. The largest absolute Gasteiger partial charge is 0.376 e. The van der Waals surface area contributed by atoms with E-state index >= 15 is 0 Å². The van der Waals surface area contributed by atoms with E-state index in [1.165, 1.54) is 17.7 Å². The molecule has 1 atom stereocenters. The number of aromatic nitrogens is 3. The van der Waals surface area contributed by atoms with Crippen LogP contribution in [0.2, 0.25) is 0 Å². The smallest absolute Gasteiger partial charge is 0.123 e. The highest BCUT2D eigenvalue weighted by molar-refractivity contribution is 5.22. The van der Waals surface area contributed by atoms with Crippen molar-refractivity contribution < 1.29 is 9.13 Å². The van der Waals surface area contributed by atoms with E-state index in [0.29, 0.717) is 13.2 Å². The molecule has 0 saturated heterocycles. The molecule has 0 bridgehead atoms. The summed E-state index contributed by atoms with van der Waals surface area (Å²) in [6.07, 6.45) is 0. The fraction of sp³-hybridized carbons (Fsp3) is 0.333. The third-order valence-electron chi connectivity index (χ3n) is 4.93. The number of ether oxygens (including phenoxy) is 1. The molecule has 27 heavy (non-hydrogen) atoms. The molecule has 6 heteroatoms. The lowest BCUT2D eigenvalue weighted by Crippen LogP contribution is -2.36. The maximum Gasteiger partial charge on any atom is 0.123 e. The molecular weight excluding hydrogens is 343 g/mol. The predicted molar refractivity (Wildman–Crippen MR) is 100 cm³/mol. The lowest BCUT2D eigenvalue weighted by molar-refractivity contribution is 0.0830. The molecule has 0 N–H and O–H groups in total. The third-order valence-corrected chi connectivity index (χ3v) is 4.93. The number of fused-ring (bicyclic) bond motifs is 1. The topological polar surface area (TPSA) is 43.2 Å². The van der Waals surface area contributed by atoms with E-state index in [1.54, 1.807) is 0 Å². The molecule has 5 nitrogen and oxygen atoms in total. The van der Waals surface area contributed by atoms with Crippen molar-refractivity contribution in [3.63, 3.8) is 0 Å². The van der Waals surface area contributed by atoms with Gasteiger partial charge < -0.3 is 4.74 Å². The van der Waals surface area contributed by atoms with Gasteiger partial charge in [0.15, 0.2) is 0 Å². The summed E-state index contributed by atoms with van der Waals surface area (Å²) in [5.74, 6) is -0.00120. The van der Waals surface area contributed by atoms with Gasteiger partial charge in [-0.25, -0.2) is 4.39 Å². The second-order valence-corrected chi connectivity index (χ2v) is 7.04. The monoisotopic (exact) mass is 366 g/mol. The fourth-order valence-corrected chi connectivity index (χ4v) is 3.69. The minimum absolute atomic E-state index is 0.206. The Labute approximate surface area is 158 Å². The lowest BCUT2D eigenvalue weighted by Gasteiger charge is -2.32. The summed E-state index contributed by atoms with van der Waals surface area (Å²) in [6, 6.07) is 16.9. The van der Waals surface area contributed by atoms with Crippen molar-refractivity contribution in [3.8, 4) is 0 Å². The molecule has 2 heterocycles. The summed E-state index contributed by atoms with van der Waals surface area (Å²) in [4.78, 5) is 2.32. The van der Waals surface area contributed by atoms with E-state index in [0.717, 1.165) is 36.6 Å². The molecule has 4 rings (SSSR count). The van der Waals surface area contributed by atoms with Crippen LogP contribution in [-0.2, 0) is 31.5 Å². The molecule has 0 spiro atoms. The van der Waals surface area contributed by atoms with Crippen molar-refractivity contribution in [1.29, 1.82) is 0 Å². The Kier molecular flexibility index (Phi) is 5.27. The average molecular weight is 366 g/mol. The van der Waals surface area contributed by atoms with Crippen LogP contribution in [0.15, 0.2) is 54.6 Å². The van der Waals surface area contributed by atoms with Crippen LogP contribution < -0.4 is 0 Å². The molecule has 0 amide bonds. The first-order chi connectivity index (χ1) is 13.2. The summed E-state index contributed by atoms with van der Waals surface area (Å²) in [7, 11) is 1.94. The van der Waals surface area contributed by atoms with Crippen LogP contribution in [-0.4, -0.2) is 33.0 Å². The van der Waals surface area contributed by atoms with Gasteiger partial charge in [0.1, 0.15) is 11.5 Å². The average Bonchev–Trinajstić information content (AvgIpc) is 3.05. The van der Waals surface area contributed by atoms with E-state index in [-0.39, 0.29) is 11.7 Å². The van der Waals surface area contributed by atoms with Crippen molar-refractivity contribution >= 4 is 0 Å². The van der Waals surface area contributed by atoms with Crippen molar-refractivity contribution in [2.24, 2.45) is 7.05 Å². The second-order valence-electron chi connectivity index (χ2n) is 7.04. The highest BCUT2D eigenvalue weighted by atomic mass is 19.1. The molecule has 1 aliphatic rings. The van der Waals surface area contributed by atoms with E-state index in [9.17, 15) is 4.39 Å². The summed E-state index contributed by atoms with van der Waals surface area (Å²) < 4.78 is 21.0. The quantitative estimate of drug-likeness (QED) is 0.672. The van der Waals surface area contributed by atoms with Gasteiger partial charge in [-0.05, 0) is 23.3 Å². The van der Waals surface area contributed by atoms with Crippen LogP contribution in [0.3, 0.4) is 0 Å². The molecule has 0 aliphatic carbocycles. The molecule has 2 aromatic carbocycles. The zero-order valence-electron chi connectivity index (χ0n) is 15.4. The minimum Gasteiger partial charge on any atom is -0.376 e. The molecule has 0 radical (unpaired) electrons. The molecule has 0 saturated carbocycles. The second kappa shape index (κ2) is 7.98. The summed E-state index contributed by atoms with van der Waals surface area (Å²) in [5, 5.41) is 8.54. The molecule has 140 valence electrons. The highest BCUT2D eigenvalue weighted by Gasteiger charge is 2.30. The maximum atomic E-state index is 13.2. The maximum absolute atomic E-state index is 13.2. The van der Waals surface area contributed by atoms with Crippen molar-refractivity contribution in [1.82, 2.24) is 19.9 Å². The first kappa shape index (κ1) is 17.8. The SMILES string of the molecule is Cn1nnc2c1[C@H](COCc1ccccc1)CN(Cc1ccc(F)cc1)C2. The van der Waals surface area contributed by atoms with E-state index in [2.05, 4.69) is 27.3 Å². The molecule has 1 aromatic heterocycles. The fourth-order valence-electron chi connectivity index (χ4n) is 3.69. The van der Waals surface area contributed by atoms with E-state index in [1.807, 2.05) is 42.1 Å². The molecule has 0 fully saturated rings. The van der Waals surface area contributed by atoms with Crippen LogP contribution in [0.25, 0.3) is 0 Å². The summed E-state index contributed by atoms with van der Waals surface area (Å²) in [6.45, 7) is 3.57. The predicted octanol–water partition coefficient (Wildman–Crippen LogP) is 3.27. The van der Waals surface area contributed by atoms with Crippen molar-refractivity contribution in [3.05, 3.63) is 82.9 Å². The normalized spacial score (nSPS) is 17.0. The number of hydrogen-bond donors (Lipinski definition) is 0. The van der Waals surface area contributed by atoms with Crippen LogP contribution in [0, 0.1) is 5.82 Å². The third kappa shape index (κ3) is 4.23. The Bertz CT molecular complexity index is 879. The molecular formula is C21H23FN4O. The lowest BCUT2D eigenvalue weighted by atomic mass is 9.98. The molecule has 0 unspecified atom stereocenters. The van der Waals surface area contributed by atoms with Gasteiger partial charge in [0.05, 0.1) is 18.9 Å². The number of aryl methyl sites for hydroxylation is 1. The van der Waals surface area contributed by atoms with Gasteiger partial charge in [0.25, 0.3) is 0 Å². The van der Waals surface area contributed by atoms with Crippen molar-refractivity contribution in [2.45, 2.75) is 25.6 Å². The van der Waals surface area contributed by atoms with Gasteiger partial charge in [-0.15, -0.1) is 5.10 Å². The zero-order valence-corrected chi connectivity index (χ0v) is 15.4. The van der Waals surface area contributed by atoms with Gasteiger partial charge in [-0.1, -0.05) is 47.7 Å². The zero-order chi connectivity index (χ0) is 18.6. The number of nitrogens with zero attached hydrogens (tertiary/aromatic N) is 4. The van der Waals surface area contributed by atoms with Gasteiger partial charge in [-0.2, -0.15) is 0 Å². The highest BCUT2D eigenvalue weighted by Crippen LogP contribution is 2.28.